The van der Waals surface area contributed by atoms with Gasteiger partial charge in [0.2, 0.25) is 11.8 Å². The Balaban J connectivity index is 2.91. The van der Waals surface area contributed by atoms with Crippen LogP contribution in [0.5, 0.6) is 0 Å². The van der Waals surface area contributed by atoms with Gasteiger partial charge in [0.05, 0.1) is 13.2 Å². The molecule has 1 rings (SSSR count). The zero-order valence-electron chi connectivity index (χ0n) is 14.3. The van der Waals surface area contributed by atoms with Crippen molar-refractivity contribution in [1.29, 1.82) is 0 Å². The van der Waals surface area contributed by atoms with Crippen molar-refractivity contribution in [3.8, 4) is 0 Å². The molecule has 1 heterocycles. The minimum Gasteiger partial charge on any atom is -0.453 e. The average molecular weight is 329 g/mol. The summed E-state index contributed by atoms with van der Waals surface area (Å²) in [5.74, 6) is -0.885. The number of aliphatic hydroxyl groups is 1. The number of hydrogen-bond acceptors (Lipinski definition) is 5. The number of ether oxygens (including phenoxy) is 1. The normalized spacial score (nSPS) is 22.2. The van der Waals surface area contributed by atoms with E-state index in [-0.39, 0.29) is 30.8 Å². The van der Waals surface area contributed by atoms with Crippen LogP contribution in [0.3, 0.4) is 0 Å². The predicted molar refractivity (Wildman–Crippen MR) is 83.6 cm³/mol. The molecule has 8 heteroatoms. The zero-order valence-corrected chi connectivity index (χ0v) is 14.3. The Bertz CT molecular complexity index is 452. The van der Waals surface area contributed by atoms with E-state index in [1.165, 1.54) is 12.0 Å². The summed E-state index contributed by atoms with van der Waals surface area (Å²) >= 11 is 0. The number of alkyl carbamates (subject to hydrolysis) is 1. The molecule has 3 amide bonds. The number of carbonyl (C=O) groups excluding carboxylic acids is 3. The van der Waals surface area contributed by atoms with Crippen LogP contribution in [0, 0.1) is 5.92 Å². The number of methoxy groups -OCH3 is 1. The third-order valence-electron chi connectivity index (χ3n) is 3.69. The van der Waals surface area contributed by atoms with Crippen LogP contribution in [0.15, 0.2) is 0 Å². The lowest BCUT2D eigenvalue weighted by Gasteiger charge is -2.30. The fourth-order valence-corrected chi connectivity index (χ4v) is 2.56. The molecule has 3 atom stereocenters. The van der Waals surface area contributed by atoms with E-state index in [1.54, 1.807) is 13.8 Å². The van der Waals surface area contributed by atoms with Crippen molar-refractivity contribution in [2.24, 2.45) is 5.92 Å². The highest BCUT2D eigenvalue weighted by molar-refractivity contribution is 5.92. The van der Waals surface area contributed by atoms with Gasteiger partial charge in [0.1, 0.15) is 12.1 Å². The predicted octanol–water partition coefficient (Wildman–Crippen LogP) is -0.147. The van der Waals surface area contributed by atoms with Crippen LogP contribution in [-0.2, 0) is 14.3 Å². The Hall–Kier alpha value is -1.83. The maximum absolute atomic E-state index is 12.7. The molecule has 8 nitrogen and oxygen atoms in total. The fraction of sp³-hybridized carbons (Fsp3) is 0.800. The Labute approximate surface area is 136 Å². The average Bonchev–Trinajstić information content (AvgIpc) is 2.84. The molecule has 23 heavy (non-hydrogen) atoms. The summed E-state index contributed by atoms with van der Waals surface area (Å²) in [7, 11) is 1.22. The van der Waals surface area contributed by atoms with E-state index >= 15 is 0 Å². The molecule has 0 spiro atoms. The second-order valence-electron chi connectivity index (χ2n) is 6.42. The van der Waals surface area contributed by atoms with E-state index in [4.69, 9.17) is 0 Å². The number of hydrogen-bond donors (Lipinski definition) is 3. The van der Waals surface area contributed by atoms with Gasteiger partial charge in [-0.25, -0.2) is 4.79 Å². The second kappa shape index (κ2) is 8.14. The van der Waals surface area contributed by atoms with E-state index in [0.717, 1.165) is 0 Å². The summed E-state index contributed by atoms with van der Waals surface area (Å²) in [6.07, 6.45) is -1.28. The van der Waals surface area contributed by atoms with E-state index in [0.29, 0.717) is 0 Å². The van der Waals surface area contributed by atoms with Crippen molar-refractivity contribution in [2.75, 3.05) is 13.7 Å². The number of β-amino-alcohol motifs (C(OH)–C–C–N with tert-alkyl or cyclic N) is 1. The summed E-state index contributed by atoms with van der Waals surface area (Å²) in [5, 5.41) is 15.1. The molecule has 132 valence electrons. The van der Waals surface area contributed by atoms with Crippen LogP contribution < -0.4 is 10.6 Å². The van der Waals surface area contributed by atoms with E-state index < -0.39 is 30.2 Å². The van der Waals surface area contributed by atoms with Gasteiger partial charge in [-0.15, -0.1) is 0 Å². The summed E-state index contributed by atoms with van der Waals surface area (Å²) in [6, 6.07) is -1.62. The lowest BCUT2D eigenvalue weighted by atomic mass is 10.0. The minimum atomic E-state index is -0.818. The lowest BCUT2D eigenvalue weighted by molar-refractivity contribution is -0.141. The molecular weight excluding hydrogens is 302 g/mol. The van der Waals surface area contributed by atoms with Crippen LogP contribution >= 0.6 is 0 Å². The molecule has 3 N–H and O–H groups in total. The standard InChI is InChI=1S/C15H27N3O5/c1-8(2)12(17-15(22)23-5)14(21)18-7-10(19)6-11(18)13(20)16-9(3)4/h8-12,19H,6-7H2,1-5H3,(H,16,20)(H,17,22). The summed E-state index contributed by atoms with van der Waals surface area (Å²) in [4.78, 5) is 37.8. The Morgan fingerprint density at radius 2 is 1.78 bits per heavy atom. The van der Waals surface area contributed by atoms with Gasteiger partial charge >= 0.3 is 6.09 Å². The zero-order chi connectivity index (χ0) is 17.7. The van der Waals surface area contributed by atoms with Gasteiger partial charge in [-0.05, 0) is 19.8 Å². The Morgan fingerprint density at radius 1 is 1.17 bits per heavy atom. The second-order valence-corrected chi connectivity index (χ2v) is 6.42. The SMILES string of the molecule is COC(=O)NC(C(=O)N1CC(O)CC1C(=O)NC(C)C)C(C)C. The molecule has 1 saturated heterocycles. The van der Waals surface area contributed by atoms with Gasteiger partial charge in [0.25, 0.3) is 0 Å². The van der Waals surface area contributed by atoms with E-state index in [1.807, 2.05) is 13.8 Å². The van der Waals surface area contributed by atoms with Crippen LogP contribution in [0.2, 0.25) is 0 Å². The number of rotatable bonds is 5. The monoisotopic (exact) mass is 329 g/mol. The maximum atomic E-state index is 12.7. The number of carbonyl (C=O) groups is 3. The largest absolute Gasteiger partial charge is 0.453 e. The Kier molecular flexibility index (Phi) is 6.80. The van der Waals surface area contributed by atoms with Gasteiger partial charge < -0.3 is 25.4 Å². The van der Waals surface area contributed by atoms with Gasteiger partial charge in [0.15, 0.2) is 0 Å². The van der Waals surface area contributed by atoms with Crippen molar-refractivity contribution < 1.29 is 24.2 Å². The molecule has 0 aromatic rings. The highest BCUT2D eigenvalue weighted by atomic mass is 16.5. The van der Waals surface area contributed by atoms with Crippen molar-refractivity contribution in [3.05, 3.63) is 0 Å². The molecule has 1 fully saturated rings. The topological polar surface area (TPSA) is 108 Å². The maximum Gasteiger partial charge on any atom is 0.407 e. The molecule has 1 aliphatic rings. The summed E-state index contributed by atoms with van der Waals surface area (Å²) < 4.78 is 4.54. The minimum absolute atomic E-state index is 0.0636. The number of aliphatic hydroxyl groups excluding tert-OH is 1. The first kappa shape index (κ1) is 19.2. The molecule has 0 radical (unpaired) electrons. The molecule has 0 bridgehead atoms. The number of nitrogens with zero attached hydrogens (tertiary/aromatic N) is 1. The van der Waals surface area contributed by atoms with Gasteiger partial charge in [0, 0.05) is 19.0 Å². The van der Waals surface area contributed by atoms with Gasteiger partial charge in [-0.2, -0.15) is 0 Å². The molecule has 0 aliphatic carbocycles. The van der Waals surface area contributed by atoms with Crippen molar-refractivity contribution in [3.63, 3.8) is 0 Å². The summed E-state index contributed by atoms with van der Waals surface area (Å²) in [6.45, 7) is 7.29. The van der Waals surface area contributed by atoms with Crippen molar-refractivity contribution in [2.45, 2.75) is 58.3 Å². The summed E-state index contributed by atoms with van der Waals surface area (Å²) in [5.41, 5.74) is 0. The van der Waals surface area contributed by atoms with E-state index in [9.17, 15) is 19.5 Å². The molecule has 0 aromatic heterocycles. The smallest absolute Gasteiger partial charge is 0.407 e. The number of likely N-dealkylation sites (tertiary alicyclic amines) is 1. The molecule has 3 unspecified atom stereocenters. The first-order valence-electron chi connectivity index (χ1n) is 7.80. The van der Waals surface area contributed by atoms with Crippen molar-refractivity contribution in [1.82, 2.24) is 15.5 Å². The molecule has 0 saturated carbocycles. The van der Waals surface area contributed by atoms with Crippen molar-refractivity contribution >= 4 is 17.9 Å². The Morgan fingerprint density at radius 3 is 2.26 bits per heavy atom. The first-order valence-corrected chi connectivity index (χ1v) is 7.80. The van der Waals surface area contributed by atoms with E-state index in [2.05, 4.69) is 15.4 Å². The lowest BCUT2D eigenvalue weighted by Crippen LogP contribution is -2.55. The van der Waals surface area contributed by atoms with Gasteiger partial charge in [-0.1, -0.05) is 13.8 Å². The first-order chi connectivity index (χ1) is 10.7. The quantitative estimate of drug-likeness (QED) is 0.650. The number of amides is 3. The van der Waals surface area contributed by atoms with Crippen LogP contribution in [-0.4, -0.2) is 65.8 Å². The van der Waals surface area contributed by atoms with Crippen LogP contribution in [0.1, 0.15) is 34.1 Å². The third-order valence-corrected chi connectivity index (χ3v) is 3.69. The molecular formula is C15H27N3O5. The van der Waals surface area contributed by atoms with Crippen LogP contribution in [0.25, 0.3) is 0 Å². The molecule has 0 aromatic carbocycles. The highest BCUT2D eigenvalue weighted by Crippen LogP contribution is 2.21. The van der Waals surface area contributed by atoms with Crippen LogP contribution in [0.4, 0.5) is 4.79 Å². The molecule has 1 aliphatic heterocycles. The number of nitrogens with one attached hydrogen (secondary N) is 2. The fourth-order valence-electron chi connectivity index (χ4n) is 2.56. The van der Waals surface area contributed by atoms with Gasteiger partial charge in [-0.3, -0.25) is 9.59 Å². The third kappa shape index (κ3) is 5.09. The highest BCUT2D eigenvalue weighted by Gasteiger charge is 2.42.